The molecule has 136 valence electrons. The summed E-state index contributed by atoms with van der Waals surface area (Å²) in [5.41, 5.74) is 2.33. The molecule has 0 saturated heterocycles. The lowest BCUT2D eigenvalue weighted by atomic mass is 10.2. The van der Waals surface area contributed by atoms with Crippen molar-refractivity contribution in [2.75, 3.05) is 4.72 Å². The van der Waals surface area contributed by atoms with Crippen LogP contribution in [0.2, 0.25) is 0 Å². The van der Waals surface area contributed by atoms with Crippen LogP contribution in [-0.2, 0) is 11.0 Å². The number of para-hydroxylation sites is 1. The molecule has 0 aliphatic rings. The largest absolute Gasteiger partial charge is 0.295 e. The van der Waals surface area contributed by atoms with Gasteiger partial charge >= 0.3 is 0 Å². The molecular weight excluding hydrogens is 346 g/mol. The third-order valence-corrected chi connectivity index (χ3v) is 6.15. The van der Waals surface area contributed by atoms with Crippen molar-refractivity contribution in [3.05, 3.63) is 64.6 Å². The number of nitrogens with one attached hydrogen (secondary N) is 1. The molecule has 0 saturated carbocycles. The van der Waals surface area contributed by atoms with Gasteiger partial charge in [0.05, 0.1) is 16.2 Å². The average molecular weight is 369 g/mol. The third kappa shape index (κ3) is 3.55. The molecule has 1 unspecified atom stereocenters. The minimum atomic E-state index is -1.27. The molecule has 3 rings (SSSR count). The van der Waals surface area contributed by atoms with Crippen molar-refractivity contribution < 1.29 is 4.21 Å². The highest BCUT2D eigenvalue weighted by Gasteiger charge is 2.17. The Kier molecular flexibility index (Phi) is 5.52. The SMILES string of the molecule is CCC(CC)S(=O)Nc1cc(=O)c2cnc(C)cc2n1-c1ccccc1. The van der Waals surface area contributed by atoms with Crippen molar-refractivity contribution >= 4 is 27.7 Å². The second-order valence-electron chi connectivity index (χ2n) is 6.25. The predicted molar refractivity (Wildman–Crippen MR) is 108 cm³/mol. The predicted octanol–water partition coefficient (Wildman–Crippen LogP) is 3.96. The minimum absolute atomic E-state index is 0.0317. The fourth-order valence-corrected chi connectivity index (χ4v) is 4.15. The van der Waals surface area contributed by atoms with Crippen LogP contribution in [0, 0.1) is 6.92 Å². The second kappa shape index (κ2) is 7.83. The number of rotatable bonds is 6. The molecule has 26 heavy (non-hydrogen) atoms. The zero-order chi connectivity index (χ0) is 18.7. The van der Waals surface area contributed by atoms with E-state index in [2.05, 4.69) is 9.71 Å². The van der Waals surface area contributed by atoms with Gasteiger partial charge in [-0.25, -0.2) is 4.21 Å². The fourth-order valence-electron chi connectivity index (χ4n) is 3.02. The topological polar surface area (TPSA) is 64.0 Å². The first-order chi connectivity index (χ1) is 12.5. The zero-order valence-corrected chi connectivity index (χ0v) is 16.0. The Hall–Kier alpha value is -2.47. The number of fused-ring (bicyclic) bond motifs is 1. The first-order valence-electron chi connectivity index (χ1n) is 8.80. The van der Waals surface area contributed by atoms with Crippen LogP contribution < -0.4 is 10.2 Å². The maximum absolute atomic E-state index is 12.7. The number of nitrogens with zero attached hydrogens (tertiary/aromatic N) is 2. The molecule has 1 atom stereocenters. The molecule has 0 fully saturated rings. The normalized spacial score (nSPS) is 12.5. The molecule has 0 bridgehead atoms. The summed E-state index contributed by atoms with van der Waals surface area (Å²) in [6, 6.07) is 13.1. The molecule has 0 spiro atoms. The molecule has 2 aromatic heterocycles. The van der Waals surface area contributed by atoms with Gasteiger partial charge in [-0.1, -0.05) is 32.0 Å². The van der Waals surface area contributed by atoms with Gasteiger partial charge in [0, 0.05) is 23.6 Å². The van der Waals surface area contributed by atoms with E-state index in [9.17, 15) is 9.00 Å². The molecule has 1 N–H and O–H groups in total. The van der Waals surface area contributed by atoms with Crippen molar-refractivity contribution in [2.24, 2.45) is 0 Å². The van der Waals surface area contributed by atoms with Crippen LogP contribution in [0.1, 0.15) is 32.4 Å². The molecular formula is C20H23N3O2S. The van der Waals surface area contributed by atoms with E-state index >= 15 is 0 Å². The van der Waals surface area contributed by atoms with E-state index in [1.807, 2.05) is 61.7 Å². The summed E-state index contributed by atoms with van der Waals surface area (Å²) < 4.78 is 17.8. The lowest BCUT2D eigenvalue weighted by Crippen LogP contribution is -2.23. The van der Waals surface area contributed by atoms with Crippen LogP contribution in [0.5, 0.6) is 0 Å². The molecule has 5 nitrogen and oxygen atoms in total. The van der Waals surface area contributed by atoms with Gasteiger partial charge in [0.2, 0.25) is 0 Å². The number of anilines is 1. The molecule has 1 aromatic carbocycles. The van der Waals surface area contributed by atoms with Crippen molar-refractivity contribution in [1.82, 2.24) is 9.55 Å². The molecule has 2 heterocycles. The van der Waals surface area contributed by atoms with E-state index in [0.29, 0.717) is 11.2 Å². The Labute approximate surface area is 155 Å². The third-order valence-electron chi connectivity index (χ3n) is 4.47. The highest BCUT2D eigenvalue weighted by Crippen LogP contribution is 2.23. The van der Waals surface area contributed by atoms with Crippen LogP contribution >= 0.6 is 0 Å². The van der Waals surface area contributed by atoms with E-state index in [1.54, 1.807) is 6.20 Å². The maximum Gasteiger partial charge on any atom is 0.193 e. The summed E-state index contributed by atoms with van der Waals surface area (Å²) in [5, 5.41) is 0.572. The Morgan fingerprint density at radius 3 is 2.50 bits per heavy atom. The summed E-state index contributed by atoms with van der Waals surface area (Å²) >= 11 is 0. The highest BCUT2D eigenvalue weighted by atomic mass is 32.2. The molecule has 0 amide bonds. The molecule has 0 radical (unpaired) electrons. The molecule has 0 aliphatic carbocycles. The summed E-state index contributed by atoms with van der Waals surface area (Å²) in [7, 11) is -1.27. The van der Waals surface area contributed by atoms with E-state index in [0.717, 1.165) is 29.7 Å². The molecule has 3 aromatic rings. The summed E-state index contributed by atoms with van der Waals surface area (Å²) in [6.45, 7) is 5.93. The molecule has 6 heteroatoms. The van der Waals surface area contributed by atoms with Gasteiger partial charge in [-0.15, -0.1) is 0 Å². The molecule has 0 aliphatic heterocycles. The maximum atomic E-state index is 12.7. The average Bonchev–Trinajstić information content (AvgIpc) is 2.63. The Bertz CT molecular complexity index is 995. The standard InChI is InChI=1S/C20H23N3O2S/c1-4-16(5-2)26(25)22-20-12-19(24)17-13-21-14(3)11-18(17)23(20)15-9-7-6-8-10-15/h6-13,16,22H,4-5H2,1-3H3. The van der Waals surface area contributed by atoms with Crippen molar-refractivity contribution in [2.45, 2.75) is 38.9 Å². The fraction of sp³-hybridized carbons (Fsp3) is 0.300. The number of hydrogen-bond donors (Lipinski definition) is 1. The first kappa shape index (κ1) is 18.3. The number of hydrogen-bond acceptors (Lipinski definition) is 3. The van der Waals surface area contributed by atoms with Crippen LogP contribution in [0.15, 0.2) is 53.5 Å². The highest BCUT2D eigenvalue weighted by molar-refractivity contribution is 7.87. The quantitative estimate of drug-likeness (QED) is 0.715. The van der Waals surface area contributed by atoms with Gasteiger partial charge in [0.15, 0.2) is 5.43 Å². The first-order valence-corrected chi connectivity index (χ1v) is 10.0. The number of aromatic nitrogens is 2. The number of aryl methyl sites for hydroxylation is 1. The number of benzene rings is 1. The Morgan fingerprint density at radius 2 is 1.85 bits per heavy atom. The summed E-state index contributed by atoms with van der Waals surface area (Å²) in [5.74, 6) is 0.532. The lowest BCUT2D eigenvalue weighted by Gasteiger charge is -2.20. The van der Waals surface area contributed by atoms with Crippen molar-refractivity contribution in [3.63, 3.8) is 0 Å². The van der Waals surface area contributed by atoms with Crippen LogP contribution in [0.3, 0.4) is 0 Å². The van der Waals surface area contributed by atoms with Crippen molar-refractivity contribution in [3.8, 4) is 5.69 Å². The summed E-state index contributed by atoms with van der Waals surface area (Å²) in [6.07, 6.45) is 3.22. The van der Waals surface area contributed by atoms with E-state index in [1.165, 1.54) is 6.07 Å². The van der Waals surface area contributed by atoms with E-state index < -0.39 is 11.0 Å². The van der Waals surface area contributed by atoms with Crippen LogP contribution in [0.4, 0.5) is 5.82 Å². The Balaban J connectivity index is 2.25. The van der Waals surface area contributed by atoms with E-state index in [4.69, 9.17) is 0 Å². The summed E-state index contributed by atoms with van der Waals surface area (Å²) in [4.78, 5) is 16.8. The van der Waals surface area contributed by atoms with Crippen LogP contribution in [0.25, 0.3) is 16.6 Å². The van der Waals surface area contributed by atoms with Gasteiger partial charge in [0.1, 0.15) is 16.8 Å². The van der Waals surface area contributed by atoms with Gasteiger partial charge in [0.25, 0.3) is 0 Å². The van der Waals surface area contributed by atoms with Gasteiger partial charge in [-0.2, -0.15) is 0 Å². The van der Waals surface area contributed by atoms with Crippen molar-refractivity contribution in [1.29, 1.82) is 0 Å². The van der Waals surface area contributed by atoms with E-state index in [-0.39, 0.29) is 10.7 Å². The monoisotopic (exact) mass is 369 g/mol. The zero-order valence-electron chi connectivity index (χ0n) is 15.2. The Morgan fingerprint density at radius 1 is 1.15 bits per heavy atom. The second-order valence-corrected chi connectivity index (χ2v) is 7.71. The smallest absolute Gasteiger partial charge is 0.193 e. The number of pyridine rings is 2. The van der Waals surface area contributed by atoms with Crippen LogP contribution in [-0.4, -0.2) is 19.0 Å². The van der Waals surface area contributed by atoms with Gasteiger partial charge in [-0.05, 0) is 38.0 Å². The van der Waals surface area contributed by atoms with Gasteiger partial charge < -0.3 is 0 Å². The van der Waals surface area contributed by atoms with Gasteiger partial charge in [-0.3, -0.25) is 19.1 Å². The minimum Gasteiger partial charge on any atom is -0.295 e. The lowest BCUT2D eigenvalue weighted by molar-refractivity contribution is 0.662.